The van der Waals surface area contributed by atoms with Crippen LogP contribution in [0, 0.1) is 5.82 Å². The van der Waals surface area contributed by atoms with Crippen LogP contribution in [0.15, 0.2) is 53.6 Å². The number of methoxy groups -OCH3 is 1. The molecule has 0 radical (unpaired) electrons. The zero-order valence-corrected chi connectivity index (χ0v) is 13.4. The first-order valence-electron chi connectivity index (χ1n) is 7.59. The Morgan fingerprint density at radius 2 is 1.75 bits per heavy atom. The van der Waals surface area contributed by atoms with Gasteiger partial charge in [0.1, 0.15) is 5.82 Å². The maximum absolute atomic E-state index is 13.1. The van der Waals surface area contributed by atoms with Gasteiger partial charge in [-0.3, -0.25) is 4.79 Å². The first-order chi connectivity index (χ1) is 11.6. The molecule has 5 nitrogen and oxygen atoms in total. The monoisotopic (exact) mass is 327 g/mol. The summed E-state index contributed by atoms with van der Waals surface area (Å²) in [4.78, 5) is 14.0. The van der Waals surface area contributed by atoms with Crippen molar-refractivity contribution < 1.29 is 13.9 Å². The van der Waals surface area contributed by atoms with Gasteiger partial charge in [0.25, 0.3) is 0 Å². The minimum Gasteiger partial charge on any atom is -0.469 e. The number of nitrogens with zero attached hydrogens (tertiary/aromatic N) is 3. The number of carbonyl (C=O) groups is 1. The van der Waals surface area contributed by atoms with E-state index in [9.17, 15) is 9.18 Å². The Balaban J connectivity index is 2.10. The molecule has 2 aromatic carbocycles. The largest absolute Gasteiger partial charge is 0.469 e. The van der Waals surface area contributed by atoms with Gasteiger partial charge in [0.05, 0.1) is 13.2 Å². The number of carbonyl (C=O) groups excluding carboxylic acids is 1. The summed E-state index contributed by atoms with van der Waals surface area (Å²) in [7, 11) is 1.38. The summed E-state index contributed by atoms with van der Waals surface area (Å²) in [6.07, 6.45) is 1.86. The Morgan fingerprint density at radius 3 is 2.29 bits per heavy atom. The third-order valence-electron chi connectivity index (χ3n) is 3.72. The number of benzene rings is 2. The normalized spacial score (nSPS) is 11.4. The number of esters is 1. The van der Waals surface area contributed by atoms with Gasteiger partial charge in [0.2, 0.25) is 0 Å². The molecule has 0 aliphatic heterocycles. The van der Waals surface area contributed by atoms with Crippen LogP contribution in [0.4, 0.5) is 4.39 Å². The van der Waals surface area contributed by atoms with Crippen molar-refractivity contribution in [2.75, 3.05) is 7.11 Å². The van der Waals surface area contributed by atoms with Crippen molar-refractivity contribution in [1.29, 1.82) is 0 Å². The lowest BCUT2D eigenvalue weighted by Crippen LogP contribution is -2.01. The Labute approximate surface area is 139 Å². The smallest absolute Gasteiger partial charge is 0.305 e. The third-order valence-corrected chi connectivity index (χ3v) is 3.72. The summed E-state index contributed by atoms with van der Waals surface area (Å²) < 4.78 is 17.7. The highest BCUT2D eigenvalue weighted by atomic mass is 19.1. The van der Waals surface area contributed by atoms with E-state index in [1.54, 1.807) is 12.1 Å². The van der Waals surface area contributed by atoms with Crippen molar-refractivity contribution in [1.82, 2.24) is 0 Å². The lowest BCUT2D eigenvalue weighted by molar-refractivity contribution is -0.140. The second-order valence-electron chi connectivity index (χ2n) is 5.33. The van der Waals surface area contributed by atoms with Crippen molar-refractivity contribution >= 4 is 5.97 Å². The molecule has 0 aliphatic carbocycles. The number of hydrogen-bond donors (Lipinski definition) is 0. The number of azide groups is 1. The van der Waals surface area contributed by atoms with Crippen LogP contribution in [-0.2, 0) is 16.0 Å². The fourth-order valence-corrected chi connectivity index (χ4v) is 2.43. The summed E-state index contributed by atoms with van der Waals surface area (Å²) in [6.45, 7) is 0. The number of aryl methyl sites for hydroxylation is 1. The fourth-order valence-electron chi connectivity index (χ4n) is 2.43. The van der Waals surface area contributed by atoms with Crippen LogP contribution >= 0.6 is 0 Å². The first kappa shape index (κ1) is 17.5. The summed E-state index contributed by atoms with van der Waals surface area (Å²) in [5, 5.41) is 3.82. The van der Waals surface area contributed by atoms with Gasteiger partial charge in [-0.2, -0.15) is 0 Å². The molecule has 2 aromatic rings. The SMILES string of the molecule is COC(=O)CCCc1ccc(C(N=[N+]=[N-])c2ccc(F)cc2)cc1. The van der Waals surface area contributed by atoms with Crippen molar-refractivity contribution in [2.24, 2.45) is 5.11 Å². The molecule has 0 bridgehead atoms. The van der Waals surface area contributed by atoms with E-state index in [1.165, 1.54) is 19.2 Å². The van der Waals surface area contributed by atoms with E-state index in [1.807, 2.05) is 24.3 Å². The quantitative estimate of drug-likeness (QED) is 0.319. The summed E-state index contributed by atoms with van der Waals surface area (Å²) in [6, 6.07) is 13.1. The van der Waals surface area contributed by atoms with Gasteiger partial charge in [-0.25, -0.2) is 4.39 Å². The Hall–Kier alpha value is -2.85. The molecule has 124 valence electrons. The number of halogens is 1. The molecule has 0 aromatic heterocycles. The highest BCUT2D eigenvalue weighted by Gasteiger charge is 2.12. The molecule has 0 saturated heterocycles. The average Bonchev–Trinajstić information content (AvgIpc) is 2.61. The molecule has 0 saturated carbocycles. The zero-order valence-electron chi connectivity index (χ0n) is 13.4. The van der Waals surface area contributed by atoms with Crippen LogP contribution in [0.2, 0.25) is 0 Å². The van der Waals surface area contributed by atoms with E-state index in [2.05, 4.69) is 14.8 Å². The Kier molecular flexibility index (Phi) is 6.34. The average molecular weight is 327 g/mol. The second kappa shape index (κ2) is 8.70. The Morgan fingerprint density at radius 1 is 1.17 bits per heavy atom. The van der Waals surface area contributed by atoms with Gasteiger partial charge >= 0.3 is 5.97 Å². The van der Waals surface area contributed by atoms with E-state index >= 15 is 0 Å². The second-order valence-corrected chi connectivity index (χ2v) is 5.33. The van der Waals surface area contributed by atoms with Crippen LogP contribution in [0.5, 0.6) is 0 Å². The Bertz CT molecular complexity index is 723. The predicted molar refractivity (Wildman–Crippen MR) is 88.8 cm³/mol. The number of hydrogen-bond acceptors (Lipinski definition) is 3. The van der Waals surface area contributed by atoms with Crippen LogP contribution in [0.3, 0.4) is 0 Å². The van der Waals surface area contributed by atoms with Gasteiger partial charge < -0.3 is 4.74 Å². The summed E-state index contributed by atoms with van der Waals surface area (Å²) in [5.41, 5.74) is 11.4. The summed E-state index contributed by atoms with van der Waals surface area (Å²) >= 11 is 0. The van der Waals surface area contributed by atoms with Gasteiger partial charge in [-0.05, 0) is 47.2 Å². The first-order valence-corrected chi connectivity index (χ1v) is 7.59. The van der Waals surface area contributed by atoms with Gasteiger partial charge in [0, 0.05) is 11.3 Å². The van der Waals surface area contributed by atoms with Crippen molar-refractivity contribution in [3.05, 3.63) is 81.5 Å². The van der Waals surface area contributed by atoms with Crippen molar-refractivity contribution in [3.63, 3.8) is 0 Å². The number of rotatable bonds is 7. The maximum Gasteiger partial charge on any atom is 0.305 e. The molecular formula is C18H18FN3O2. The molecule has 0 aliphatic rings. The van der Waals surface area contributed by atoms with E-state index < -0.39 is 6.04 Å². The van der Waals surface area contributed by atoms with Crippen LogP contribution < -0.4 is 0 Å². The van der Waals surface area contributed by atoms with Crippen LogP contribution in [0.1, 0.15) is 35.6 Å². The fraction of sp³-hybridized carbons (Fsp3) is 0.278. The lowest BCUT2D eigenvalue weighted by Gasteiger charge is -2.13. The van der Waals surface area contributed by atoms with Crippen LogP contribution in [-0.4, -0.2) is 13.1 Å². The molecule has 0 heterocycles. The molecule has 1 atom stereocenters. The molecule has 0 fully saturated rings. The van der Waals surface area contributed by atoms with E-state index in [4.69, 9.17) is 5.53 Å². The molecule has 6 heteroatoms. The minimum atomic E-state index is -0.500. The van der Waals surface area contributed by atoms with Gasteiger partial charge in [-0.1, -0.05) is 41.5 Å². The van der Waals surface area contributed by atoms with Gasteiger partial charge in [-0.15, -0.1) is 0 Å². The van der Waals surface area contributed by atoms with Gasteiger partial charge in [0.15, 0.2) is 0 Å². The highest BCUT2D eigenvalue weighted by Crippen LogP contribution is 2.27. The molecule has 0 spiro atoms. The predicted octanol–water partition coefficient (Wildman–Crippen LogP) is 4.72. The molecule has 24 heavy (non-hydrogen) atoms. The van der Waals surface area contributed by atoms with E-state index in [0.29, 0.717) is 12.8 Å². The van der Waals surface area contributed by atoms with Crippen molar-refractivity contribution in [2.45, 2.75) is 25.3 Å². The van der Waals surface area contributed by atoms with Crippen LogP contribution in [0.25, 0.3) is 10.4 Å². The zero-order chi connectivity index (χ0) is 17.4. The minimum absolute atomic E-state index is 0.216. The van der Waals surface area contributed by atoms with E-state index in [-0.39, 0.29) is 11.8 Å². The highest BCUT2D eigenvalue weighted by molar-refractivity contribution is 5.69. The lowest BCUT2D eigenvalue weighted by atomic mass is 9.97. The molecular weight excluding hydrogens is 309 g/mol. The summed E-state index contributed by atoms with van der Waals surface area (Å²) in [5.74, 6) is -0.550. The van der Waals surface area contributed by atoms with Crippen molar-refractivity contribution in [3.8, 4) is 0 Å². The standard InChI is InChI=1S/C18H18FN3O2/c1-24-17(23)4-2-3-13-5-7-14(8-6-13)18(21-22-20)15-9-11-16(19)12-10-15/h5-12,18H,2-4H2,1H3. The van der Waals surface area contributed by atoms with E-state index in [0.717, 1.165) is 23.1 Å². The molecule has 0 N–H and O–H groups in total. The third kappa shape index (κ3) is 4.83. The molecule has 1 unspecified atom stereocenters. The number of ether oxygens (including phenoxy) is 1. The topological polar surface area (TPSA) is 75.1 Å². The molecule has 0 amide bonds. The molecule has 2 rings (SSSR count). The maximum atomic E-state index is 13.1.